The van der Waals surface area contributed by atoms with E-state index in [0.717, 1.165) is 62.4 Å². The minimum absolute atomic E-state index is 0.647. The third kappa shape index (κ3) is 3.07. The molecule has 0 bridgehead atoms. The Bertz CT molecular complexity index is 2010. The minimum atomic E-state index is 0.647. The second-order valence-electron chi connectivity index (χ2n) is 9.28. The number of fused-ring (bicyclic) bond motifs is 7. The normalized spacial score (nSPS) is 12.9. The molecule has 176 valence electrons. The van der Waals surface area contributed by atoms with E-state index in [9.17, 15) is 0 Å². The number of hydrogen-bond donors (Lipinski definition) is 1. The smallest absolute Gasteiger partial charge is 0.227 e. The van der Waals surface area contributed by atoms with Crippen LogP contribution in [0.15, 0.2) is 112 Å². The molecule has 1 aliphatic heterocycles. The number of aromatic nitrogens is 1. The summed E-state index contributed by atoms with van der Waals surface area (Å²) < 4.78 is 12.4. The molecule has 3 aromatic heterocycles. The molecule has 0 saturated carbocycles. The summed E-state index contributed by atoms with van der Waals surface area (Å²) in [4.78, 5) is 6.70. The van der Waals surface area contributed by atoms with Crippen molar-refractivity contribution in [3.8, 4) is 0 Å². The highest BCUT2D eigenvalue weighted by Gasteiger charge is 2.23. The fourth-order valence-electron chi connectivity index (χ4n) is 5.44. The van der Waals surface area contributed by atoms with Crippen molar-refractivity contribution >= 4 is 72.8 Å². The van der Waals surface area contributed by atoms with Gasteiger partial charge in [-0.25, -0.2) is 4.98 Å². The Morgan fingerprint density at radius 2 is 1.62 bits per heavy atom. The first-order chi connectivity index (χ1) is 18.3. The van der Waals surface area contributed by atoms with Crippen molar-refractivity contribution in [3.05, 3.63) is 109 Å². The van der Waals surface area contributed by atoms with E-state index in [4.69, 9.17) is 8.83 Å². The summed E-state index contributed by atoms with van der Waals surface area (Å²) in [6, 6.07) is 31.6. The van der Waals surface area contributed by atoms with E-state index in [1.54, 1.807) is 6.20 Å². The summed E-state index contributed by atoms with van der Waals surface area (Å²) in [6.45, 7) is 0.757. The highest BCUT2D eigenvalue weighted by Crippen LogP contribution is 2.45. The SMILES string of the molecule is C1=Cc2c(oc3cccc(N(c4ccc5ccccc5c4)c4ccc5c(c4)oc4ncccc45)c23)NC1. The maximum Gasteiger partial charge on any atom is 0.227 e. The highest BCUT2D eigenvalue weighted by atomic mass is 16.4. The predicted octanol–water partition coefficient (Wildman–Crippen LogP) is 8.79. The van der Waals surface area contributed by atoms with Crippen LogP contribution in [-0.2, 0) is 0 Å². The molecule has 0 radical (unpaired) electrons. The van der Waals surface area contributed by atoms with Crippen LogP contribution in [-0.4, -0.2) is 11.5 Å². The van der Waals surface area contributed by atoms with Crippen LogP contribution in [0.4, 0.5) is 22.9 Å². The summed E-state index contributed by atoms with van der Waals surface area (Å²) >= 11 is 0. The molecule has 7 aromatic rings. The van der Waals surface area contributed by atoms with Crippen LogP contribution < -0.4 is 10.2 Å². The fraction of sp³-hybridized carbons (Fsp3) is 0.0312. The molecular weight excluding hydrogens is 458 g/mol. The van der Waals surface area contributed by atoms with E-state index in [2.05, 4.69) is 94.1 Å². The fourth-order valence-corrected chi connectivity index (χ4v) is 5.44. The Morgan fingerprint density at radius 3 is 2.59 bits per heavy atom. The molecule has 0 amide bonds. The van der Waals surface area contributed by atoms with E-state index in [1.165, 1.54) is 10.8 Å². The first kappa shape index (κ1) is 20.2. The summed E-state index contributed by atoms with van der Waals surface area (Å²) in [6.07, 6.45) is 6.03. The van der Waals surface area contributed by atoms with E-state index < -0.39 is 0 Å². The minimum Gasteiger partial charge on any atom is -0.440 e. The van der Waals surface area contributed by atoms with Crippen molar-refractivity contribution in [1.29, 1.82) is 0 Å². The van der Waals surface area contributed by atoms with Crippen molar-refractivity contribution in [2.75, 3.05) is 16.8 Å². The van der Waals surface area contributed by atoms with E-state index >= 15 is 0 Å². The van der Waals surface area contributed by atoms with Gasteiger partial charge in [0.25, 0.3) is 0 Å². The molecule has 0 aliphatic carbocycles. The van der Waals surface area contributed by atoms with E-state index in [1.807, 2.05) is 24.3 Å². The monoisotopic (exact) mass is 479 g/mol. The lowest BCUT2D eigenvalue weighted by atomic mass is 10.0. The molecule has 1 aliphatic rings. The molecule has 1 N–H and O–H groups in total. The van der Waals surface area contributed by atoms with Gasteiger partial charge in [0.05, 0.1) is 11.1 Å². The Morgan fingerprint density at radius 1 is 0.730 bits per heavy atom. The average molecular weight is 480 g/mol. The van der Waals surface area contributed by atoms with Gasteiger partial charge < -0.3 is 19.1 Å². The molecule has 8 rings (SSSR count). The third-order valence-corrected chi connectivity index (χ3v) is 7.12. The zero-order valence-electron chi connectivity index (χ0n) is 19.8. The molecule has 0 spiro atoms. The number of benzene rings is 4. The van der Waals surface area contributed by atoms with Crippen LogP contribution >= 0.6 is 0 Å². The number of rotatable bonds is 3. The largest absolute Gasteiger partial charge is 0.440 e. The standard InChI is InChI=1S/C32H21N3O2/c1-2-7-21-18-22(13-12-20(21)6-1)35(23-14-15-24-25-8-4-16-33-31(25)37-29(24)19-23)27-10-3-11-28-30(27)26-9-5-17-34-32(26)36-28/h1-16,18-19,34H,17H2. The Kier molecular flexibility index (Phi) is 4.22. The van der Waals surface area contributed by atoms with Crippen LogP contribution in [0, 0.1) is 0 Å². The maximum absolute atomic E-state index is 6.22. The van der Waals surface area contributed by atoms with Crippen molar-refractivity contribution < 1.29 is 8.83 Å². The van der Waals surface area contributed by atoms with E-state index in [-0.39, 0.29) is 0 Å². The second kappa shape index (κ2) is 7.73. The highest BCUT2D eigenvalue weighted by molar-refractivity contribution is 6.08. The van der Waals surface area contributed by atoms with Gasteiger partial charge >= 0.3 is 0 Å². The molecule has 0 saturated heterocycles. The number of furan rings is 2. The van der Waals surface area contributed by atoms with Crippen LogP contribution in [0.1, 0.15) is 5.56 Å². The van der Waals surface area contributed by atoms with Gasteiger partial charge in [-0.1, -0.05) is 48.6 Å². The van der Waals surface area contributed by atoms with Gasteiger partial charge in [0.1, 0.15) is 11.2 Å². The topological polar surface area (TPSA) is 54.4 Å². The van der Waals surface area contributed by atoms with Crippen molar-refractivity contribution in [2.24, 2.45) is 0 Å². The quantitative estimate of drug-likeness (QED) is 0.274. The lowest BCUT2D eigenvalue weighted by Crippen LogP contribution is -2.10. The van der Waals surface area contributed by atoms with Gasteiger partial charge in [-0.05, 0) is 59.3 Å². The Hall–Kier alpha value is -5.03. The second-order valence-corrected chi connectivity index (χ2v) is 9.28. The number of nitrogens with one attached hydrogen (secondary N) is 1. The van der Waals surface area contributed by atoms with Gasteiger partial charge in [-0.2, -0.15) is 0 Å². The lowest BCUT2D eigenvalue weighted by molar-refractivity contribution is 0.628. The van der Waals surface area contributed by atoms with Gasteiger partial charge in [-0.15, -0.1) is 0 Å². The molecule has 0 atom stereocenters. The first-order valence-corrected chi connectivity index (χ1v) is 12.4. The lowest BCUT2D eigenvalue weighted by Gasteiger charge is -2.26. The van der Waals surface area contributed by atoms with Crippen molar-refractivity contribution in [3.63, 3.8) is 0 Å². The van der Waals surface area contributed by atoms with Crippen LogP contribution in [0.5, 0.6) is 0 Å². The van der Waals surface area contributed by atoms with Gasteiger partial charge in [0.15, 0.2) is 0 Å². The Balaban J connectivity index is 1.42. The molecule has 5 heteroatoms. The predicted molar refractivity (Wildman–Crippen MR) is 151 cm³/mol. The number of nitrogens with zero attached hydrogens (tertiary/aromatic N) is 2. The van der Waals surface area contributed by atoms with E-state index in [0.29, 0.717) is 5.71 Å². The Labute approximate surface area is 212 Å². The first-order valence-electron chi connectivity index (χ1n) is 12.4. The van der Waals surface area contributed by atoms with Crippen LogP contribution in [0.2, 0.25) is 0 Å². The summed E-state index contributed by atoms with van der Waals surface area (Å²) in [5, 5.41) is 8.89. The number of pyridine rings is 1. The zero-order valence-corrected chi connectivity index (χ0v) is 19.8. The summed E-state index contributed by atoms with van der Waals surface area (Å²) in [5.41, 5.74) is 6.46. The van der Waals surface area contributed by atoms with Gasteiger partial charge in [-0.3, -0.25) is 0 Å². The van der Waals surface area contributed by atoms with Crippen molar-refractivity contribution in [1.82, 2.24) is 4.98 Å². The summed E-state index contributed by atoms with van der Waals surface area (Å²) in [7, 11) is 0. The third-order valence-electron chi connectivity index (χ3n) is 7.12. The van der Waals surface area contributed by atoms with Crippen LogP contribution in [0.3, 0.4) is 0 Å². The molecule has 4 aromatic carbocycles. The van der Waals surface area contributed by atoms with Gasteiger partial charge in [0.2, 0.25) is 11.6 Å². The molecule has 0 unspecified atom stereocenters. The number of hydrogen-bond acceptors (Lipinski definition) is 5. The molecule has 5 nitrogen and oxygen atoms in total. The molecule has 0 fully saturated rings. The maximum atomic E-state index is 6.22. The van der Waals surface area contributed by atoms with Crippen molar-refractivity contribution in [2.45, 2.75) is 0 Å². The molecular formula is C32H21N3O2. The molecule has 4 heterocycles. The van der Waals surface area contributed by atoms with Gasteiger partial charge in [0, 0.05) is 46.5 Å². The van der Waals surface area contributed by atoms with Crippen LogP contribution in [0.25, 0.3) is 49.9 Å². The number of anilines is 4. The average Bonchev–Trinajstić information content (AvgIpc) is 3.51. The zero-order chi connectivity index (χ0) is 24.3. The molecule has 37 heavy (non-hydrogen) atoms. The summed E-state index contributed by atoms with van der Waals surface area (Å²) in [5.74, 6) is 0.808.